The molecule has 1 aromatic carbocycles. The van der Waals surface area contributed by atoms with Gasteiger partial charge in [0.05, 0.1) is 7.11 Å². The number of ether oxygens (including phenoxy) is 1. The fourth-order valence-corrected chi connectivity index (χ4v) is 2.10. The summed E-state index contributed by atoms with van der Waals surface area (Å²) in [5.41, 5.74) is 3.68. The molecule has 3 nitrogen and oxygen atoms in total. The number of nitrogens with one attached hydrogen (secondary N) is 2. The number of rotatable bonds is 5. The van der Waals surface area contributed by atoms with Gasteiger partial charge in [-0.1, -0.05) is 12.1 Å². The normalized spacial score (nSPS) is 12.6. The van der Waals surface area contributed by atoms with Crippen LogP contribution in [-0.2, 0) is 0 Å². The Labute approximate surface area is 98.2 Å². The molecule has 1 rings (SSSR count). The van der Waals surface area contributed by atoms with E-state index in [0.29, 0.717) is 6.04 Å². The van der Waals surface area contributed by atoms with Crippen molar-refractivity contribution in [3.05, 3.63) is 28.8 Å². The molecule has 1 unspecified atom stereocenters. The third kappa shape index (κ3) is 2.74. The summed E-state index contributed by atoms with van der Waals surface area (Å²) < 4.78 is 5.37. The zero-order chi connectivity index (χ0) is 12.1. The van der Waals surface area contributed by atoms with Crippen LogP contribution >= 0.6 is 0 Å². The van der Waals surface area contributed by atoms with Crippen molar-refractivity contribution in [1.29, 1.82) is 0 Å². The first kappa shape index (κ1) is 13.0. The van der Waals surface area contributed by atoms with Gasteiger partial charge in [0.15, 0.2) is 0 Å². The van der Waals surface area contributed by atoms with E-state index in [1.165, 1.54) is 16.7 Å². The second-order valence-corrected chi connectivity index (χ2v) is 4.09. The molecular formula is C13H22N2O. The van der Waals surface area contributed by atoms with Crippen molar-refractivity contribution in [3.63, 3.8) is 0 Å². The maximum atomic E-state index is 5.37. The zero-order valence-corrected chi connectivity index (χ0v) is 10.8. The molecule has 0 heterocycles. The molecule has 90 valence electrons. The molecule has 0 aliphatic heterocycles. The topological polar surface area (TPSA) is 33.3 Å². The van der Waals surface area contributed by atoms with Gasteiger partial charge in [-0.3, -0.25) is 0 Å². The summed E-state index contributed by atoms with van der Waals surface area (Å²) >= 11 is 0. The van der Waals surface area contributed by atoms with Gasteiger partial charge in [-0.05, 0) is 44.6 Å². The Balaban J connectivity index is 3.06. The molecule has 0 aliphatic carbocycles. The summed E-state index contributed by atoms with van der Waals surface area (Å²) in [6.07, 6.45) is 0. The number of hydrogen-bond acceptors (Lipinski definition) is 3. The molecule has 0 radical (unpaired) electrons. The highest BCUT2D eigenvalue weighted by molar-refractivity contribution is 5.44. The van der Waals surface area contributed by atoms with Crippen LogP contribution in [0.25, 0.3) is 0 Å². The van der Waals surface area contributed by atoms with Crippen LogP contribution in [-0.4, -0.2) is 27.7 Å². The Bertz CT molecular complexity index is 327. The average molecular weight is 222 g/mol. The smallest absolute Gasteiger partial charge is 0.124 e. The van der Waals surface area contributed by atoms with Crippen molar-refractivity contribution in [2.24, 2.45) is 0 Å². The van der Waals surface area contributed by atoms with E-state index in [2.05, 4.69) is 36.6 Å². The first-order valence-electron chi connectivity index (χ1n) is 5.61. The van der Waals surface area contributed by atoms with Crippen molar-refractivity contribution < 1.29 is 4.74 Å². The Kier molecular flexibility index (Phi) is 4.77. The van der Waals surface area contributed by atoms with Crippen LogP contribution in [0.4, 0.5) is 0 Å². The van der Waals surface area contributed by atoms with E-state index in [4.69, 9.17) is 4.74 Å². The number of methoxy groups -OCH3 is 1. The summed E-state index contributed by atoms with van der Waals surface area (Å²) in [6, 6.07) is 4.71. The van der Waals surface area contributed by atoms with E-state index >= 15 is 0 Å². The van der Waals surface area contributed by atoms with Crippen molar-refractivity contribution in [2.75, 3.05) is 27.7 Å². The van der Waals surface area contributed by atoms with Crippen molar-refractivity contribution in [3.8, 4) is 5.75 Å². The van der Waals surface area contributed by atoms with Crippen LogP contribution in [0.5, 0.6) is 5.75 Å². The van der Waals surface area contributed by atoms with E-state index in [9.17, 15) is 0 Å². The third-order valence-electron chi connectivity index (χ3n) is 2.85. The molecule has 0 aromatic heterocycles. The predicted octanol–water partition coefficient (Wildman–Crippen LogP) is 1.79. The monoisotopic (exact) mass is 222 g/mol. The molecule has 1 atom stereocenters. The van der Waals surface area contributed by atoms with Gasteiger partial charge in [0, 0.05) is 12.6 Å². The van der Waals surface area contributed by atoms with E-state index in [0.717, 1.165) is 12.3 Å². The van der Waals surface area contributed by atoms with Crippen LogP contribution in [0.1, 0.15) is 22.7 Å². The minimum absolute atomic E-state index is 0.341. The van der Waals surface area contributed by atoms with Crippen LogP contribution in [0.2, 0.25) is 0 Å². The Morgan fingerprint density at radius 2 is 1.75 bits per heavy atom. The van der Waals surface area contributed by atoms with Crippen LogP contribution in [0.15, 0.2) is 12.1 Å². The lowest BCUT2D eigenvalue weighted by atomic mass is 10.00. The van der Waals surface area contributed by atoms with Gasteiger partial charge in [0.2, 0.25) is 0 Å². The Hall–Kier alpha value is -1.06. The van der Waals surface area contributed by atoms with Crippen LogP contribution in [0.3, 0.4) is 0 Å². The number of benzene rings is 1. The average Bonchev–Trinajstić information content (AvgIpc) is 2.25. The van der Waals surface area contributed by atoms with Crippen molar-refractivity contribution >= 4 is 0 Å². The maximum absolute atomic E-state index is 5.37. The molecule has 16 heavy (non-hydrogen) atoms. The first-order valence-corrected chi connectivity index (χ1v) is 5.61. The molecule has 0 saturated carbocycles. The molecule has 0 aliphatic rings. The minimum Gasteiger partial charge on any atom is -0.496 e. The lowest BCUT2D eigenvalue weighted by molar-refractivity contribution is 0.408. The fourth-order valence-electron chi connectivity index (χ4n) is 2.10. The molecule has 0 saturated heterocycles. The molecule has 0 fully saturated rings. The van der Waals surface area contributed by atoms with Crippen LogP contribution < -0.4 is 15.4 Å². The van der Waals surface area contributed by atoms with Gasteiger partial charge in [0.1, 0.15) is 5.75 Å². The second kappa shape index (κ2) is 5.87. The molecule has 0 amide bonds. The SMILES string of the molecule is CNCC(NC)c1cc(C)c(OC)c(C)c1. The summed E-state index contributed by atoms with van der Waals surface area (Å²) in [5.74, 6) is 0.989. The van der Waals surface area contributed by atoms with Gasteiger partial charge in [-0.15, -0.1) is 0 Å². The number of aryl methyl sites for hydroxylation is 2. The summed E-state index contributed by atoms with van der Waals surface area (Å²) in [4.78, 5) is 0. The molecule has 1 aromatic rings. The zero-order valence-electron chi connectivity index (χ0n) is 10.8. The van der Waals surface area contributed by atoms with Crippen molar-refractivity contribution in [2.45, 2.75) is 19.9 Å². The van der Waals surface area contributed by atoms with Crippen LogP contribution in [0, 0.1) is 13.8 Å². The molecule has 0 bridgehead atoms. The molecular weight excluding hydrogens is 200 g/mol. The van der Waals surface area contributed by atoms with Gasteiger partial charge in [-0.25, -0.2) is 0 Å². The lowest BCUT2D eigenvalue weighted by Gasteiger charge is -2.19. The highest BCUT2D eigenvalue weighted by Gasteiger charge is 2.12. The van der Waals surface area contributed by atoms with Gasteiger partial charge < -0.3 is 15.4 Å². The number of likely N-dealkylation sites (N-methyl/N-ethyl adjacent to an activating group) is 2. The number of hydrogen-bond donors (Lipinski definition) is 2. The predicted molar refractivity (Wildman–Crippen MR) is 68.2 cm³/mol. The Morgan fingerprint density at radius 3 is 2.12 bits per heavy atom. The second-order valence-electron chi connectivity index (χ2n) is 4.09. The van der Waals surface area contributed by atoms with E-state index in [-0.39, 0.29) is 0 Å². The fraction of sp³-hybridized carbons (Fsp3) is 0.538. The van der Waals surface area contributed by atoms with Gasteiger partial charge in [-0.2, -0.15) is 0 Å². The highest BCUT2D eigenvalue weighted by Crippen LogP contribution is 2.26. The highest BCUT2D eigenvalue weighted by atomic mass is 16.5. The van der Waals surface area contributed by atoms with E-state index < -0.39 is 0 Å². The summed E-state index contributed by atoms with van der Waals surface area (Å²) in [6.45, 7) is 5.09. The van der Waals surface area contributed by atoms with E-state index in [1.807, 2.05) is 14.1 Å². The third-order valence-corrected chi connectivity index (χ3v) is 2.85. The molecule has 2 N–H and O–H groups in total. The lowest BCUT2D eigenvalue weighted by Crippen LogP contribution is -2.27. The summed E-state index contributed by atoms with van der Waals surface area (Å²) in [5, 5.41) is 6.50. The van der Waals surface area contributed by atoms with E-state index in [1.54, 1.807) is 7.11 Å². The van der Waals surface area contributed by atoms with Gasteiger partial charge in [0.25, 0.3) is 0 Å². The standard InChI is InChI=1S/C13H22N2O/c1-9-6-11(12(15-4)8-14-3)7-10(2)13(9)16-5/h6-7,12,14-15H,8H2,1-5H3. The largest absolute Gasteiger partial charge is 0.496 e. The molecule has 3 heteroatoms. The van der Waals surface area contributed by atoms with Crippen molar-refractivity contribution in [1.82, 2.24) is 10.6 Å². The molecule has 0 spiro atoms. The quantitative estimate of drug-likeness (QED) is 0.797. The summed E-state index contributed by atoms with van der Waals surface area (Å²) in [7, 11) is 5.67. The maximum Gasteiger partial charge on any atom is 0.124 e. The van der Waals surface area contributed by atoms with Gasteiger partial charge >= 0.3 is 0 Å². The first-order chi connectivity index (χ1) is 7.63. The minimum atomic E-state index is 0.341. The Morgan fingerprint density at radius 1 is 1.19 bits per heavy atom.